The molecule has 1 fully saturated rings. The van der Waals surface area contributed by atoms with Crippen molar-refractivity contribution in [2.75, 3.05) is 0 Å². The van der Waals surface area contributed by atoms with E-state index >= 15 is 0 Å². The molecule has 1 heterocycles. The van der Waals surface area contributed by atoms with E-state index in [0.29, 0.717) is 5.92 Å². The fourth-order valence-electron chi connectivity index (χ4n) is 2.47. The van der Waals surface area contributed by atoms with Gasteiger partial charge in [-0.05, 0) is 61.9 Å². The highest BCUT2D eigenvalue weighted by Crippen LogP contribution is 2.37. The first-order valence-electron chi connectivity index (χ1n) is 6.68. The minimum atomic E-state index is -0.993. The van der Waals surface area contributed by atoms with Gasteiger partial charge in [-0.3, -0.25) is 0 Å². The lowest BCUT2D eigenvalue weighted by Crippen LogP contribution is -2.42. The second-order valence-corrected chi connectivity index (χ2v) is 8.86. The van der Waals surface area contributed by atoms with Crippen LogP contribution in [0.25, 0.3) is 0 Å². The zero-order valence-corrected chi connectivity index (χ0v) is 13.1. The third kappa shape index (κ3) is 3.50. The van der Waals surface area contributed by atoms with Crippen LogP contribution in [-0.2, 0) is 11.4 Å². The van der Waals surface area contributed by atoms with Crippen molar-refractivity contribution >= 4 is 22.7 Å². The van der Waals surface area contributed by atoms with E-state index in [9.17, 15) is 4.55 Å². The first-order chi connectivity index (χ1) is 8.48. The SMILES string of the molecule is CC(C)(C)[S+]([O-])NC(c1ccsc1)C1CCCC1. The average Bonchev–Trinajstić information content (AvgIpc) is 2.97. The Bertz CT molecular complexity index is 352. The summed E-state index contributed by atoms with van der Waals surface area (Å²) in [6.07, 6.45) is 5.15. The van der Waals surface area contributed by atoms with Crippen molar-refractivity contribution in [3.05, 3.63) is 22.4 Å². The zero-order chi connectivity index (χ0) is 13.2. The molecule has 2 atom stereocenters. The van der Waals surface area contributed by atoms with E-state index in [1.807, 2.05) is 20.8 Å². The van der Waals surface area contributed by atoms with Gasteiger partial charge >= 0.3 is 0 Å². The molecule has 0 amide bonds. The van der Waals surface area contributed by atoms with Crippen molar-refractivity contribution in [2.24, 2.45) is 5.92 Å². The normalized spacial score (nSPS) is 21.1. The lowest BCUT2D eigenvalue weighted by molar-refractivity contribution is 0.406. The van der Waals surface area contributed by atoms with E-state index in [2.05, 4.69) is 21.5 Å². The van der Waals surface area contributed by atoms with Crippen LogP contribution in [0.2, 0.25) is 0 Å². The summed E-state index contributed by atoms with van der Waals surface area (Å²) in [5.41, 5.74) is 1.31. The maximum absolute atomic E-state index is 12.3. The summed E-state index contributed by atoms with van der Waals surface area (Å²) in [6.45, 7) is 6.07. The molecule has 0 aromatic carbocycles. The topological polar surface area (TPSA) is 35.1 Å². The van der Waals surface area contributed by atoms with E-state index in [4.69, 9.17) is 0 Å². The highest BCUT2D eigenvalue weighted by molar-refractivity contribution is 7.90. The molecule has 102 valence electrons. The molecule has 1 aliphatic rings. The average molecular weight is 285 g/mol. The molecule has 0 bridgehead atoms. The van der Waals surface area contributed by atoms with Gasteiger partial charge in [-0.25, -0.2) is 0 Å². The maximum atomic E-state index is 12.3. The second kappa shape index (κ2) is 5.95. The Labute approximate surface area is 117 Å². The monoisotopic (exact) mass is 285 g/mol. The number of rotatable bonds is 4. The van der Waals surface area contributed by atoms with Gasteiger partial charge in [0.25, 0.3) is 0 Å². The van der Waals surface area contributed by atoms with Crippen molar-refractivity contribution in [1.82, 2.24) is 4.72 Å². The summed E-state index contributed by atoms with van der Waals surface area (Å²) < 4.78 is 15.5. The fraction of sp³-hybridized carbons (Fsp3) is 0.714. The van der Waals surface area contributed by atoms with E-state index in [1.54, 1.807) is 11.3 Å². The van der Waals surface area contributed by atoms with Gasteiger partial charge in [-0.15, -0.1) is 4.72 Å². The molecule has 0 aliphatic heterocycles. The van der Waals surface area contributed by atoms with Gasteiger partial charge in [0, 0.05) is 11.4 Å². The Morgan fingerprint density at radius 3 is 2.56 bits per heavy atom. The zero-order valence-electron chi connectivity index (χ0n) is 11.4. The van der Waals surface area contributed by atoms with Gasteiger partial charge in [0.05, 0.1) is 6.04 Å². The summed E-state index contributed by atoms with van der Waals surface area (Å²) in [5, 5.41) is 4.30. The Morgan fingerprint density at radius 2 is 2.06 bits per heavy atom. The first-order valence-corrected chi connectivity index (χ1v) is 8.78. The summed E-state index contributed by atoms with van der Waals surface area (Å²) >= 11 is 0.729. The lowest BCUT2D eigenvalue weighted by atomic mass is 9.94. The molecular formula is C14H23NOS2. The van der Waals surface area contributed by atoms with Gasteiger partial charge in [0.2, 0.25) is 0 Å². The van der Waals surface area contributed by atoms with Gasteiger partial charge in [-0.1, -0.05) is 12.8 Å². The van der Waals surface area contributed by atoms with Crippen LogP contribution in [0.4, 0.5) is 0 Å². The highest BCUT2D eigenvalue weighted by atomic mass is 32.2. The standard InChI is InChI=1S/C14H23NOS2/c1-14(2,3)18(16)15-13(11-6-4-5-7-11)12-8-9-17-10-12/h8-11,13,15H,4-7H2,1-3H3. The fourth-order valence-corrected chi connectivity index (χ4v) is 4.08. The second-order valence-electron chi connectivity index (χ2n) is 6.08. The quantitative estimate of drug-likeness (QED) is 0.848. The minimum Gasteiger partial charge on any atom is -0.598 e. The molecule has 4 heteroatoms. The van der Waals surface area contributed by atoms with Crippen LogP contribution in [-0.4, -0.2) is 9.30 Å². The Kier molecular flexibility index (Phi) is 4.75. The van der Waals surface area contributed by atoms with Crippen molar-refractivity contribution < 1.29 is 4.55 Å². The van der Waals surface area contributed by atoms with Crippen LogP contribution in [0.15, 0.2) is 16.8 Å². The largest absolute Gasteiger partial charge is 0.598 e. The van der Waals surface area contributed by atoms with Crippen molar-refractivity contribution in [3.8, 4) is 0 Å². The molecule has 1 saturated carbocycles. The smallest absolute Gasteiger partial charge is 0.136 e. The van der Waals surface area contributed by atoms with E-state index in [1.165, 1.54) is 31.2 Å². The molecule has 1 aromatic rings. The molecule has 2 rings (SSSR count). The van der Waals surface area contributed by atoms with Crippen LogP contribution in [0, 0.1) is 5.92 Å². The summed E-state index contributed by atoms with van der Waals surface area (Å²) in [4.78, 5) is 0. The number of thiophene rings is 1. The van der Waals surface area contributed by atoms with Gasteiger partial charge < -0.3 is 4.55 Å². The van der Waals surface area contributed by atoms with Gasteiger partial charge in [0.15, 0.2) is 0 Å². The third-order valence-corrected chi connectivity index (χ3v) is 5.85. The molecule has 2 nitrogen and oxygen atoms in total. The molecule has 18 heavy (non-hydrogen) atoms. The molecule has 0 radical (unpaired) electrons. The molecule has 1 N–H and O–H groups in total. The van der Waals surface area contributed by atoms with Crippen molar-refractivity contribution in [2.45, 2.75) is 57.2 Å². The van der Waals surface area contributed by atoms with Crippen LogP contribution in [0.3, 0.4) is 0 Å². The first kappa shape index (κ1) is 14.4. The Morgan fingerprint density at radius 1 is 1.39 bits per heavy atom. The van der Waals surface area contributed by atoms with Crippen LogP contribution in [0.1, 0.15) is 58.1 Å². The summed E-state index contributed by atoms with van der Waals surface area (Å²) in [7, 11) is 0. The molecule has 0 saturated heterocycles. The van der Waals surface area contributed by atoms with Crippen LogP contribution >= 0.6 is 11.3 Å². The Hall–Kier alpha value is -0.0300. The molecule has 1 aliphatic carbocycles. The predicted molar refractivity (Wildman–Crippen MR) is 80.0 cm³/mol. The van der Waals surface area contributed by atoms with E-state index < -0.39 is 11.4 Å². The summed E-state index contributed by atoms with van der Waals surface area (Å²) in [6, 6.07) is 2.43. The number of nitrogens with one attached hydrogen (secondary N) is 1. The lowest BCUT2D eigenvalue weighted by Gasteiger charge is -2.30. The summed E-state index contributed by atoms with van der Waals surface area (Å²) in [5.74, 6) is 0.644. The number of hydrogen-bond acceptors (Lipinski definition) is 3. The number of hydrogen-bond donors (Lipinski definition) is 1. The van der Waals surface area contributed by atoms with Gasteiger partial charge in [-0.2, -0.15) is 11.3 Å². The molecule has 0 spiro atoms. The minimum absolute atomic E-state index is 0.202. The van der Waals surface area contributed by atoms with Crippen molar-refractivity contribution in [1.29, 1.82) is 0 Å². The molecule has 1 aromatic heterocycles. The van der Waals surface area contributed by atoms with Crippen LogP contribution < -0.4 is 4.72 Å². The van der Waals surface area contributed by atoms with E-state index in [-0.39, 0.29) is 10.8 Å². The predicted octanol–water partition coefficient (Wildman–Crippen LogP) is 4.03. The highest BCUT2D eigenvalue weighted by Gasteiger charge is 2.34. The Balaban J connectivity index is 2.10. The molecular weight excluding hydrogens is 262 g/mol. The third-order valence-electron chi connectivity index (χ3n) is 3.56. The van der Waals surface area contributed by atoms with Crippen molar-refractivity contribution in [3.63, 3.8) is 0 Å². The maximum Gasteiger partial charge on any atom is 0.136 e. The molecule has 2 unspecified atom stereocenters. The van der Waals surface area contributed by atoms with Gasteiger partial charge in [0.1, 0.15) is 4.75 Å². The van der Waals surface area contributed by atoms with E-state index in [0.717, 1.165) is 0 Å². The van der Waals surface area contributed by atoms with Crippen LogP contribution in [0.5, 0.6) is 0 Å².